The van der Waals surface area contributed by atoms with Crippen molar-refractivity contribution in [2.24, 2.45) is 0 Å². The van der Waals surface area contributed by atoms with Gasteiger partial charge in [-0.05, 0) is 78.6 Å². The summed E-state index contributed by atoms with van der Waals surface area (Å²) in [6, 6.07) is 0. The molecule has 0 unspecified atom stereocenters. The Morgan fingerprint density at radius 2 is 1.10 bits per heavy atom. The topological polar surface area (TPSA) is 55.4 Å². The molecule has 6 nitrogen and oxygen atoms in total. The van der Waals surface area contributed by atoms with Crippen LogP contribution < -0.4 is 0 Å². The summed E-state index contributed by atoms with van der Waals surface area (Å²) in [5, 5.41) is 0.733. The van der Waals surface area contributed by atoms with Gasteiger partial charge in [-0.15, -0.1) is 0 Å². The Balaban J connectivity index is 3.40. The van der Waals surface area contributed by atoms with Crippen molar-refractivity contribution in [1.82, 2.24) is 0 Å². The minimum absolute atomic E-state index is 0.250. The van der Waals surface area contributed by atoms with Gasteiger partial charge in [-0.25, -0.2) is 0 Å². The minimum atomic E-state index is -1.91. The summed E-state index contributed by atoms with van der Waals surface area (Å²) in [6.07, 6.45) is -1.61. The molecule has 11 heteroatoms. The SMILES string of the molecule is C[Si](C)(C)OC[C@H]1O[C@H](OCCBr)[C@@H](O[Si](C)(C)C)[C@@H](O[Si](C)(C)C)[C@@H]1O[Si](C)(C)C. The van der Waals surface area contributed by atoms with Crippen molar-refractivity contribution >= 4 is 49.2 Å². The van der Waals surface area contributed by atoms with Gasteiger partial charge in [-0.1, -0.05) is 15.9 Å². The molecule has 0 aromatic heterocycles. The third-order valence-corrected chi connectivity index (χ3v) is 8.39. The monoisotopic (exact) mass is 574 g/mol. The van der Waals surface area contributed by atoms with Gasteiger partial charge >= 0.3 is 0 Å². The second-order valence-corrected chi connectivity index (χ2v) is 30.8. The van der Waals surface area contributed by atoms with Crippen molar-refractivity contribution in [3.05, 3.63) is 0 Å². The number of ether oxygens (including phenoxy) is 2. The Morgan fingerprint density at radius 3 is 1.52 bits per heavy atom. The van der Waals surface area contributed by atoms with Crippen LogP contribution in [-0.2, 0) is 27.2 Å². The first-order chi connectivity index (χ1) is 13.8. The number of hydrogen-bond donors (Lipinski definition) is 0. The van der Waals surface area contributed by atoms with Gasteiger partial charge in [0.25, 0.3) is 0 Å². The molecule has 0 aromatic carbocycles. The van der Waals surface area contributed by atoms with Crippen LogP contribution in [0, 0.1) is 0 Å². The quantitative estimate of drug-likeness (QED) is 0.222. The Kier molecular flexibility index (Phi) is 11.4. The van der Waals surface area contributed by atoms with Crippen LogP contribution in [0.5, 0.6) is 0 Å². The molecule has 186 valence electrons. The lowest BCUT2D eigenvalue weighted by Gasteiger charge is -2.50. The molecule has 0 spiro atoms. The highest BCUT2D eigenvalue weighted by atomic mass is 79.9. The number of halogens is 1. The maximum Gasteiger partial charge on any atom is 0.185 e. The molecule has 0 radical (unpaired) electrons. The number of alkyl halides is 1. The van der Waals surface area contributed by atoms with E-state index in [9.17, 15) is 0 Å². The predicted octanol–water partition coefficient (Wildman–Crippen LogP) is 5.63. The summed E-state index contributed by atoms with van der Waals surface area (Å²) in [5.74, 6) is 0. The van der Waals surface area contributed by atoms with Crippen LogP contribution in [0.25, 0.3) is 0 Å². The maximum absolute atomic E-state index is 6.79. The fourth-order valence-corrected chi connectivity index (χ4v) is 7.37. The standard InChI is InChI=1S/C20H47BrO6Si4/c1-28(2,3)23-15-16-17(25-29(4,5)6)18(26-30(7,8)9)19(27-31(10,11)12)20(24-16)22-14-13-21/h16-20H,13-15H2,1-12H3/t16-,17-,18+,19+,20+/m1/s1. The third kappa shape index (κ3) is 12.4. The van der Waals surface area contributed by atoms with Crippen LogP contribution in [0.2, 0.25) is 78.6 Å². The van der Waals surface area contributed by atoms with Gasteiger partial charge in [0, 0.05) is 5.33 Å². The van der Waals surface area contributed by atoms with Crippen LogP contribution in [0.3, 0.4) is 0 Å². The van der Waals surface area contributed by atoms with E-state index in [1.807, 2.05) is 0 Å². The molecule has 0 aromatic rings. The molecular weight excluding hydrogens is 528 g/mol. The van der Waals surface area contributed by atoms with E-state index in [1.54, 1.807) is 0 Å². The first-order valence-corrected chi connectivity index (χ1v) is 26.1. The summed E-state index contributed by atoms with van der Waals surface area (Å²) in [7, 11) is -7.44. The summed E-state index contributed by atoms with van der Waals surface area (Å²) in [6.45, 7) is 27.4. The lowest BCUT2D eigenvalue weighted by Crippen LogP contribution is -2.66. The number of rotatable bonds is 12. The zero-order valence-electron chi connectivity index (χ0n) is 21.8. The van der Waals surface area contributed by atoms with Crippen LogP contribution in [-0.4, -0.2) is 82.5 Å². The molecule has 1 aliphatic rings. The van der Waals surface area contributed by atoms with E-state index in [0.717, 1.165) is 5.33 Å². The zero-order chi connectivity index (χ0) is 24.3. The van der Waals surface area contributed by atoms with E-state index >= 15 is 0 Å². The molecule has 0 bridgehead atoms. The normalized spacial score (nSPS) is 28.7. The van der Waals surface area contributed by atoms with Crippen molar-refractivity contribution in [1.29, 1.82) is 0 Å². The van der Waals surface area contributed by atoms with Gasteiger partial charge in [-0.2, -0.15) is 0 Å². The fourth-order valence-electron chi connectivity index (χ4n) is 3.27. The summed E-state index contributed by atoms with van der Waals surface area (Å²) in [5.41, 5.74) is 0. The Bertz CT molecular complexity index is 542. The molecule has 1 fully saturated rings. The van der Waals surface area contributed by atoms with E-state index in [0.29, 0.717) is 13.2 Å². The van der Waals surface area contributed by atoms with E-state index in [1.165, 1.54) is 0 Å². The minimum Gasteiger partial charge on any atom is -0.415 e. The summed E-state index contributed by atoms with van der Waals surface area (Å²) >= 11 is 3.47. The van der Waals surface area contributed by atoms with Crippen LogP contribution >= 0.6 is 15.9 Å². The van der Waals surface area contributed by atoms with Crippen LogP contribution in [0.1, 0.15) is 0 Å². The summed E-state index contributed by atoms with van der Waals surface area (Å²) < 4.78 is 39.1. The fraction of sp³-hybridized carbons (Fsp3) is 1.00. The van der Waals surface area contributed by atoms with Gasteiger partial charge in [0.15, 0.2) is 39.6 Å². The second kappa shape index (κ2) is 11.7. The lowest BCUT2D eigenvalue weighted by molar-refractivity contribution is -0.289. The molecule has 1 heterocycles. The molecule has 0 N–H and O–H groups in total. The van der Waals surface area contributed by atoms with Crippen molar-refractivity contribution in [3.8, 4) is 0 Å². The smallest absolute Gasteiger partial charge is 0.185 e. The van der Waals surface area contributed by atoms with Crippen LogP contribution in [0.4, 0.5) is 0 Å². The highest BCUT2D eigenvalue weighted by Crippen LogP contribution is 2.34. The molecule has 31 heavy (non-hydrogen) atoms. The molecular formula is C20H47BrO6Si4. The molecule has 1 aliphatic heterocycles. The molecule has 5 atom stereocenters. The van der Waals surface area contributed by atoms with Crippen molar-refractivity contribution in [2.75, 3.05) is 18.5 Å². The first kappa shape index (κ1) is 30.1. The van der Waals surface area contributed by atoms with Crippen molar-refractivity contribution < 1.29 is 27.2 Å². The molecule has 1 saturated heterocycles. The second-order valence-electron chi connectivity index (χ2n) is 12.1. The van der Waals surface area contributed by atoms with E-state index in [4.69, 9.17) is 27.2 Å². The average Bonchev–Trinajstić information content (AvgIpc) is 2.51. The Labute approximate surface area is 203 Å². The van der Waals surface area contributed by atoms with Gasteiger partial charge in [0.2, 0.25) is 0 Å². The number of hydrogen-bond acceptors (Lipinski definition) is 6. The van der Waals surface area contributed by atoms with E-state index in [-0.39, 0.29) is 24.4 Å². The third-order valence-electron chi connectivity index (χ3n) is 4.10. The average molecular weight is 576 g/mol. The molecule has 0 aliphatic carbocycles. The van der Waals surface area contributed by atoms with E-state index < -0.39 is 39.6 Å². The highest BCUT2D eigenvalue weighted by Gasteiger charge is 2.52. The van der Waals surface area contributed by atoms with Gasteiger partial charge in [0.05, 0.1) is 13.2 Å². The first-order valence-electron chi connectivity index (χ1n) is 11.3. The van der Waals surface area contributed by atoms with Crippen molar-refractivity contribution in [2.45, 2.75) is 109 Å². The summed E-state index contributed by atoms with van der Waals surface area (Å²) in [4.78, 5) is 0. The molecule has 0 saturated carbocycles. The zero-order valence-corrected chi connectivity index (χ0v) is 27.4. The highest BCUT2D eigenvalue weighted by molar-refractivity contribution is 9.09. The maximum atomic E-state index is 6.79. The van der Waals surface area contributed by atoms with Gasteiger partial charge in [0.1, 0.15) is 24.4 Å². The van der Waals surface area contributed by atoms with Gasteiger partial charge in [-0.3, -0.25) is 0 Å². The van der Waals surface area contributed by atoms with Crippen molar-refractivity contribution in [3.63, 3.8) is 0 Å². The largest absolute Gasteiger partial charge is 0.415 e. The van der Waals surface area contributed by atoms with Gasteiger partial charge < -0.3 is 27.2 Å². The predicted molar refractivity (Wildman–Crippen MR) is 142 cm³/mol. The molecule has 0 amide bonds. The molecule has 1 rings (SSSR count). The Hall–Kier alpha value is 1.11. The lowest BCUT2D eigenvalue weighted by atomic mass is 9.99. The van der Waals surface area contributed by atoms with Crippen LogP contribution in [0.15, 0.2) is 0 Å². The van der Waals surface area contributed by atoms with E-state index in [2.05, 4.69) is 94.5 Å². The Morgan fingerprint density at radius 1 is 0.645 bits per heavy atom.